The average Bonchev–Trinajstić information content (AvgIpc) is 2.42. The summed E-state index contributed by atoms with van der Waals surface area (Å²) in [4.78, 5) is 39.9. The Labute approximate surface area is 134 Å². The van der Waals surface area contributed by atoms with Crippen molar-refractivity contribution in [2.24, 2.45) is 7.05 Å². The molecule has 0 bridgehead atoms. The molecule has 1 aromatic rings. The van der Waals surface area contributed by atoms with Crippen LogP contribution in [-0.2, 0) is 11.8 Å². The molecule has 1 aliphatic heterocycles. The highest BCUT2D eigenvalue weighted by Crippen LogP contribution is 2.16. The van der Waals surface area contributed by atoms with Gasteiger partial charge in [0.15, 0.2) is 0 Å². The highest BCUT2D eigenvalue weighted by atomic mass is 16.6. The number of aromatic nitrogens is 2. The third kappa shape index (κ3) is 4.61. The Morgan fingerprint density at radius 3 is 2.70 bits per heavy atom. The van der Waals surface area contributed by atoms with Gasteiger partial charge in [-0.3, -0.25) is 14.3 Å². The summed E-state index contributed by atoms with van der Waals surface area (Å²) < 4.78 is 6.27. The maximum Gasteiger partial charge on any atom is 0.407 e. The van der Waals surface area contributed by atoms with Gasteiger partial charge < -0.3 is 15.0 Å². The summed E-state index contributed by atoms with van der Waals surface area (Å²) >= 11 is 0. The van der Waals surface area contributed by atoms with Gasteiger partial charge in [0.05, 0.1) is 0 Å². The number of nitrogens with zero attached hydrogens (tertiary/aromatic N) is 2. The van der Waals surface area contributed by atoms with Gasteiger partial charge >= 0.3 is 11.8 Å². The van der Waals surface area contributed by atoms with Crippen LogP contribution in [-0.4, -0.2) is 40.4 Å². The fourth-order valence-electron chi connectivity index (χ4n) is 2.50. The molecule has 1 saturated heterocycles. The first-order valence-corrected chi connectivity index (χ1v) is 7.70. The van der Waals surface area contributed by atoms with E-state index in [1.54, 1.807) is 0 Å². The van der Waals surface area contributed by atoms with Crippen molar-refractivity contribution < 1.29 is 9.53 Å². The fourth-order valence-corrected chi connectivity index (χ4v) is 2.50. The zero-order valence-electron chi connectivity index (χ0n) is 14.0. The summed E-state index contributed by atoms with van der Waals surface area (Å²) in [6, 6.07) is 1.31. The van der Waals surface area contributed by atoms with E-state index in [4.69, 9.17) is 4.74 Å². The summed E-state index contributed by atoms with van der Waals surface area (Å²) in [6.45, 7) is 6.66. The van der Waals surface area contributed by atoms with Crippen molar-refractivity contribution in [2.75, 3.05) is 18.0 Å². The minimum absolute atomic E-state index is 0.0915. The lowest BCUT2D eigenvalue weighted by Gasteiger charge is -2.34. The van der Waals surface area contributed by atoms with Crippen molar-refractivity contribution in [2.45, 2.75) is 45.3 Å². The van der Waals surface area contributed by atoms with Crippen LogP contribution >= 0.6 is 0 Å². The van der Waals surface area contributed by atoms with E-state index in [0.717, 1.165) is 24.0 Å². The second kappa shape index (κ2) is 6.47. The molecule has 1 amide bonds. The smallest absolute Gasteiger partial charge is 0.407 e. The van der Waals surface area contributed by atoms with Gasteiger partial charge in [-0.05, 0) is 33.6 Å². The van der Waals surface area contributed by atoms with E-state index in [-0.39, 0.29) is 11.6 Å². The minimum atomic E-state index is -0.546. The molecule has 23 heavy (non-hydrogen) atoms. The maximum absolute atomic E-state index is 11.9. The lowest BCUT2D eigenvalue weighted by molar-refractivity contribution is 0.0500. The van der Waals surface area contributed by atoms with E-state index in [2.05, 4.69) is 10.3 Å². The van der Waals surface area contributed by atoms with Crippen molar-refractivity contribution in [1.29, 1.82) is 0 Å². The molecule has 128 valence electrons. The molecule has 2 heterocycles. The van der Waals surface area contributed by atoms with E-state index < -0.39 is 17.4 Å². The molecule has 8 nitrogen and oxygen atoms in total. The zero-order chi connectivity index (χ0) is 17.2. The summed E-state index contributed by atoms with van der Waals surface area (Å²) in [5.74, 6) is 0.480. The highest BCUT2D eigenvalue weighted by molar-refractivity contribution is 5.68. The predicted molar refractivity (Wildman–Crippen MR) is 86.9 cm³/mol. The molecule has 8 heteroatoms. The highest BCUT2D eigenvalue weighted by Gasteiger charge is 2.25. The van der Waals surface area contributed by atoms with Gasteiger partial charge in [-0.2, -0.15) is 0 Å². The molecule has 1 atom stereocenters. The van der Waals surface area contributed by atoms with E-state index in [1.807, 2.05) is 25.7 Å². The van der Waals surface area contributed by atoms with Gasteiger partial charge in [0.25, 0.3) is 5.56 Å². The number of amides is 1. The van der Waals surface area contributed by atoms with Gasteiger partial charge in [-0.15, -0.1) is 0 Å². The van der Waals surface area contributed by atoms with Crippen molar-refractivity contribution in [1.82, 2.24) is 14.9 Å². The van der Waals surface area contributed by atoms with Gasteiger partial charge in [0.1, 0.15) is 11.4 Å². The van der Waals surface area contributed by atoms with Gasteiger partial charge in [-0.1, -0.05) is 0 Å². The Morgan fingerprint density at radius 1 is 1.39 bits per heavy atom. The van der Waals surface area contributed by atoms with Crippen LogP contribution in [0.2, 0.25) is 0 Å². The van der Waals surface area contributed by atoms with E-state index in [1.165, 1.54) is 13.1 Å². The molecule has 0 radical (unpaired) electrons. The monoisotopic (exact) mass is 324 g/mol. The molecule has 0 saturated carbocycles. The molecule has 1 fully saturated rings. The molecule has 0 spiro atoms. The van der Waals surface area contributed by atoms with Gasteiger partial charge in [0.2, 0.25) is 0 Å². The van der Waals surface area contributed by atoms with Crippen LogP contribution in [0.5, 0.6) is 0 Å². The maximum atomic E-state index is 11.9. The molecule has 2 rings (SSSR count). The number of anilines is 1. The van der Waals surface area contributed by atoms with Crippen molar-refractivity contribution >= 4 is 11.9 Å². The molecule has 1 unspecified atom stereocenters. The van der Waals surface area contributed by atoms with E-state index >= 15 is 0 Å². The van der Waals surface area contributed by atoms with Crippen LogP contribution < -0.4 is 21.5 Å². The van der Waals surface area contributed by atoms with Gasteiger partial charge in [-0.25, -0.2) is 9.59 Å². The van der Waals surface area contributed by atoms with Gasteiger partial charge in [0, 0.05) is 32.2 Å². The number of H-pyrrole nitrogens is 1. The Kier molecular flexibility index (Phi) is 4.82. The van der Waals surface area contributed by atoms with Crippen LogP contribution in [0.1, 0.15) is 33.6 Å². The lowest BCUT2D eigenvalue weighted by Crippen LogP contribution is -2.50. The number of alkyl carbamates (subject to hydrolysis) is 1. The average molecular weight is 324 g/mol. The van der Waals surface area contributed by atoms with E-state index in [9.17, 15) is 14.4 Å². The quantitative estimate of drug-likeness (QED) is 0.829. The number of carbonyl (C=O) groups is 1. The molecular weight excluding hydrogens is 300 g/mol. The van der Waals surface area contributed by atoms with Crippen LogP contribution in [0.4, 0.5) is 10.6 Å². The molecule has 1 aliphatic rings. The molecule has 0 aliphatic carbocycles. The van der Waals surface area contributed by atoms with Crippen molar-refractivity contribution in [3.63, 3.8) is 0 Å². The van der Waals surface area contributed by atoms with Crippen molar-refractivity contribution in [3.05, 3.63) is 26.9 Å². The molecule has 1 aromatic heterocycles. The normalized spacial score (nSPS) is 18.6. The standard InChI is InChI=1S/C15H24N4O4/c1-15(2,3)23-14(22)16-10-6-5-7-19(9-10)11-8-12(20)18(4)13(21)17-11/h8,10H,5-7,9H2,1-4H3,(H,16,22)(H,17,21). The molecule has 0 aromatic carbocycles. The second-order valence-corrected chi connectivity index (χ2v) is 6.79. The largest absolute Gasteiger partial charge is 0.444 e. The first kappa shape index (κ1) is 17.1. The number of hydrogen-bond acceptors (Lipinski definition) is 5. The number of aromatic amines is 1. The predicted octanol–water partition coefficient (Wildman–Crippen LogP) is 0.567. The topological polar surface area (TPSA) is 96.4 Å². The van der Waals surface area contributed by atoms with Crippen LogP contribution in [0.3, 0.4) is 0 Å². The Balaban J connectivity index is 2.05. The summed E-state index contributed by atoms with van der Waals surface area (Å²) in [5, 5.41) is 2.84. The number of hydrogen-bond donors (Lipinski definition) is 2. The number of nitrogens with one attached hydrogen (secondary N) is 2. The van der Waals surface area contributed by atoms with Crippen LogP contribution in [0, 0.1) is 0 Å². The third-order valence-electron chi connectivity index (χ3n) is 3.61. The number of piperidine rings is 1. The fraction of sp³-hybridized carbons (Fsp3) is 0.667. The van der Waals surface area contributed by atoms with Crippen LogP contribution in [0.15, 0.2) is 15.7 Å². The SMILES string of the molecule is Cn1c(=O)cc(N2CCCC(NC(=O)OC(C)(C)C)C2)[nH]c1=O. The second-order valence-electron chi connectivity index (χ2n) is 6.79. The number of rotatable bonds is 2. The first-order chi connectivity index (χ1) is 10.7. The first-order valence-electron chi connectivity index (χ1n) is 7.70. The van der Waals surface area contributed by atoms with Crippen molar-refractivity contribution in [3.8, 4) is 0 Å². The summed E-state index contributed by atoms with van der Waals surface area (Å²) in [7, 11) is 1.42. The number of ether oxygens (including phenoxy) is 1. The third-order valence-corrected chi connectivity index (χ3v) is 3.61. The Morgan fingerprint density at radius 2 is 2.09 bits per heavy atom. The van der Waals surface area contributed by atoms with E-state index in [0.29, 0.717) is 12.4 Å². The summed E-state index contributed by atoms with van der Waals surface area (Å²) in [5.41, 5.74) is -1.35. The van der Waals surface area contributed by atoms with Crippen LogP contribution in [0.25, 0.3) is 0 Å². The molecule has 2 N–H and O–H groups in total. The number of carbonyl (C=O) groups excluding carboxylic acids is 1. The Hall–Kier alpha value is -2.25. The Bertz CT molecular complexity index is 655. The minimum Gasteiger partial charge on any atom is -0.444 e. The zero-order valence-corrected chi connectivity index (χ0v) is 14.0. The lowest BCUT2D eigenvalue weighted by atomic mass is 10.1. The molecular formula is C15H24N4O4. The summed E-state index contributed by atoms with van der Waals surface area (Å²) in [6.07, 6.45) is 1.21.